The molecule has 0 bridgehead atoms. The summed E-state index contributed by atoms with van der Waals surface area (Å²) in [6, 6.07) is 0. The van der Waals surface area contributed by atoms with Crippen LogP contribution in [0, 0.1) is 6.92 Å². The number of likely N-dealkylation sites (tertiary alicyclic amines) is 1. The average Bonchev–Trinajstić information content (AvgIpc) is 3.22. The van der Waals surface area contributed by atoms with Crippen molar-refractivity contribution in [2.24, 2.45) is 0 Å². The average molecular weight is 344 g/mol. The van der Waals surface area contributed by atoms with Crippen molar-refractivity contribution in [2.45, 2.75) is 38.7 Å². The van der Waals surface area contributed by atoms with Crippen LogP contribution in [0.2, 0.25) is 0 Å². The van der Waals surface area contributed by atoms with E-state index in [1.54, 1.807) is 0 Å². The molecule has 2 aromatic heterocycles. The van der Waals surface area contributed by atoms with Gasteiger partial charge in [-0.25, -0.2) is 4.98 Å². The van der Waals surface area contributed by atoms with Gasteiger partial charge >= 0.3 is 0 Å². The lowest BCUT2D eigenvalue weighted by Gasteiger charge is -2.12. The predicted octanol–water partition coefficient (Wildman–Crippen LogP) is 1.59. The highest BCUT2D eigenvalue weighted by Crippen LogP contribution is 2.32. The van der Waals surface area contributed by atoms with Gasteiger partial charge in [0, 0.05) is 32.9 Å². The summed E-state index contributed by atoms with van der Waals surface area (Å²) in [5.41, 5.74) is 4.67. The van der Waals surface area contributed by atoms with Crippen LogP contribution in [0.25, 0.3) is 11.0 Å². The fourth-order valence-corrected chi connectivity index (χ4v) is 3.61. The molecule has 4 rings (SSSR count). The van der Waals surface area contributed by atoms with Crippen molar-refractivity contribution in [3.05, 3.63) is 16.8 Å². The number of aromatic nitrogens is 3. The van der Waals surface area contributed by atoms with Gasteiger partial charge in [-0.3, -0.25) is 0 Å². The fourth-order valence-electron chi connectivity index (χ4n) is 3.61. The molecule has 0 saturated carbocycles. The van der Waals surface area contributed by atoms with E-state index in [9.17, 15) is 0 Å². The maximum Gasteiger partial charge on any atom is 0.226 e. The summed E-state index contributed by atoms with van der Waals surface area (Å²) >= 11 is 0. The van der Waals surface area contributed by atoms with Crippen molar-refractivity contribution < 1.29 is 5.11 Å². The van der Waals surface area contributed by atoms with Crippen LogP contribution >= 0.6 is 0 Å². The van der Waals surface area contributed by atoms with Gasteiger partial charge in [0.1, 0.15) is 5.82 Å². The molecule has 7 nitrogen and oxygen atoms in total. The third kappa shape index (κ3) is 3.67. The van der Waals surface area contributed by atoms with E-state index >= 15 is 0 Å². The van der Waals surface area contributed by atoms with Crippen molar-refractivity contribution >= 4 is 22.8 Å². The second-order valence-electron chi connectivity index (χ2n) is 6.81. The first-order valence-electron chi connectivity index (χ1n) is 8.95. The molecule has 2 aromatic rings. The van der Waals surface area contributed by atoms with Crippen LogP contribution in [0.15, 0.2) is 0 Å². The van der Waals surface area contributed by atoms with E-state index in [1.165, 1.54) is 23.2 Å². The van der Waals surface area contributed by atoms with Crippen molar-refractivity contribution in [3.8, 4) is 0 Å². The van der Waals surface area contributed by atoms with Crippen LogP contribution in [-0.2, 0) is 12.8 Å². The minimum Gasteiger partial charge on any atom is -0.392 e. The number of hydrogen-bond acceptors (Lipinski definition) is 7. The lowest BCUT2D eigenvalue weighted by molar-refractivity contribution is 0.183. The molecule has 0 aromatic carbocycles. The third-order valence-corrected chi connectivity index (χ3v) is 4.97. The summed E-state index contributed by atoms with van der Waals surface area (Å²) in [6.45, 7) is 4.07. The Morgan fingerprint density at radius 3 is 2.48 bits per heavy atom. The molecule has 1 unspecified atom stereocenters. The van der Waals surface area contributed by atoms with Crippen LogP contribution in [0.4, 0.5) is 11.8 Å². The second-order valence-corrected chi connectivity index (χ2v) is 6.81. The summed E-state index contributed by atoms with van der Waals surface area (Å²) in [6.07, 6.45) is 4.29. The number of nitrogens with one attached hydrogen (secondary N) is 2. The summed E-state index contributed by atoms with van der Waals surface area (Å²) in [5.74, 6) is 1.46. The van der Waals surface area contributed by atoms with E-state index in [-0.39, 0.29) is 6.10 Å². The zero-order valence-corrected chi connectivity index (χ0v) is 15.6. The van der Waals surface area contributed by atoms with Gasteiger partial charge in [-0.1, -0.05) is 0 Å². The standard InChI is InChI=1S/C13H17N5.C5H11NO/c1-7-8-5-4-6-9(8)16-12-10(7)11(14-2)17-13(15-3)18-12;1-6-3-2-5(7)4-6/h4-6H2,1-3H3,(H2,14,15,16,17,18);5,7H,2-4H2,1H3. The van der Waals surface area contributed by atoms with Crippen LogP contribution in [0.3, 0.4) is 0 Å². The molecule has 0 radical (unpaired) electrons. The van der Waals surface area contributed by atoms with Crippen LogP contribution in [-0.4, -0.2) is 65.3 Å². The number of aryl methyl sites for hydroxylation is 2. The minimum atomic E-state index is -0.0509. The molecule has 3 heterocycles. The minimum absolute atomic E-state index is 0.0509. The van der Waals surface area contributed by atoms with E-state index in [2.05, 4.69) is 32.4 Å². The summed E-state index contributed by atoms with van der Waals surface area (Å²) in [7, 11) is 5.73. The number of likely N-dealkylation sites (N-methyl/N-ethyl adjacent to an activating group) is 1. The van der Waals surface area contributed by atoms with Crippen molar-refractivity contribution in [1.29, 1.82) is 0 Å². The zero-order chi connectivity index (χ0) is 18.0. The van der Waals surface area contributed by atoms with Crippen molar-refractivity contribution in [1.82, 2.24) is 19.9 Å². The predicted molar refractivity (Wildman–Crippen MR) is 101 cm³/mol. The van der Waals surface area contributed by atoms with Crippen LogP contribution < -0.4 is 10.6 Å². The van der Waals surface area contributed by atoms with E-state index in [0.717, 1.165) is 49.2 Å². The molecule has 136 valence electrons. The lowest BCUT2D eigenvalue weighted by Crippen LogP contribution is -2.15. The topological polar surface area (TPSA) is 86.2 Å². The van der Waals surface area contributed by atoms with Gasteiger partial charge in [-0.15, -0.1) is 0 Å². The highest BCUT2D eigenvalue weighted by atomic mass is 16.3. The summed E-state index contributed by atoms with van der Waals surface area (Å²) in [4.78, 5) is 15.8. The number of β-amino-alcohol motifs (C(OH)–C–C–N with tert-alkyl or cyclic N) is 1. The molecule has 3 N–H and O–H groups in total. The van der Waals surface area contributed by atoms with E-state index in [4.69, 9.17) is 10.1 Å². The molecule has 1 fully saturated rings. The molecule has 2 aliphatic rings. The Hall–Kier alpha value is -1.99. The summed E-state index contributed by atoms with van der Waals surface area (Å²) in [5, 5.41) is 16.0. The van der Waals surface area contributed by atoms with E-state index in [1.807, 2.05) is 21.1 Å². The Bertz CT molecular complexity index is 755. The number of anilines is 2. The van der Waals surface area contributed by atoms with Crippen LogP contribution in [0.1, 0.15) is 29.7 Å². The quantitative estimate of drug-likeness (QED) is 0.762. The number of fused-ring (bicyclic) bond motifs is 2. The van der Waals surface area contributed by atoms with Gasteiger partial charge in [-0.05, 0) is 50.8 Å². The highest BCUT2D eigenvalue weighted by molar-refractivity contribution is 5.91. The molecule has 1 aliphatic heterocycles. The lowest BCUT2D eigenvalue weighted by atomic mass is 10.1. The molecule has 25 heavy (non-hydrogen) atoms. The summed E-state index contributed by atoms with van der Waals surface area (Å²) < 4.78 is 0. The first kappa shape index (κ1) is 17.8. The fraction of sp³-hybridized carbons (Fsp3) is 0.611. The van der Waals surface area contributed by atoms with Gasteiger partial charge in [-0.2, -0.15) is 9.97 Å². The molecular formula is C18H28N6O. The maximum absolute atomic E-state index is 8.86. The number of rotatable bonds is 2. The smallest absolute Gasteiger partial charge is 0.226 e. The Balaban J connectivity index is 0.000000219. The molecule has 1 aliphatic carbocycles. The molecule has 1 saturated heterocycles. The normalized spacial score (nSPS) is 19.5. The Kier molecular flexibility index (Phi) is 5.34. The van der Waals surface area contributed by atoms with Gasteiger partial charge in [0.2, 0.25) is 5.95 Å². The van der Waals surface area contributed by atoms with E-state index < -0.39 is 0 Å². The van der Waals surface area contributed by atoms with E-state index in [0.29, 0.717) is 5.95 Å². The van der Waals surface area contributed by atoms with Gasteiger partial charge < -0.3 is 20.6 Å². The maximum atomic E-state index is 8.86. The van der Waals surface area contributed by atoms with Crippen LogP contribution in [0.5, 0.6) is 0 Å². The Morgan fingerprint density at radius 2 is 1.92 bits per heavy atom. The monoisotopic (exact) mass is 344 g/mol. The number of aliphatic hydroxyl groups is 1. The Labute approximate surface area is 148 Å². The highest BCUT2D eigenvalue weighted by Gasteiger charge is 2.20. The first-order chi connectivity index (χ1) is 12.0. The number of hydrogen-bond donors (Lipinski definition) is 3. The van der Waals surface area contributed by atoms with Gasteiger partial charge in [0.25, 0.3) is 0 Å². The molecular weight excluding hydrogens is 316 g/mol. The number of pyridine rings is 1. The van der Waals surface area contributed by atoms with Crippen molar-refractivity contribution in [2.75, 3.05) is 44.9 Å². The third-order valence-electron chi connectivity index (χ3n) is 4.97. The largest absolute Gasteiger partial charge is 0.392 e. The first-order valence-corrected chi connectivity index (χ1v) is 8.95. The SMILES string of the molecule is CN1CCC(O)C1.CNc1nc(NC)c2c(C)c3c(nc2n1)CCC3. The Morgan fingerprint density at radius 1 is 1.12 bits per heavy atom. The number of nitrogens with zero attached hydrogens (tertiary/aromatic N) is 4. The second kappa shape index (κ2) is 7.49. The molecule has 0 spiro atoms. The molecule has 0 amide bonds. The van der Waals surface area contributed by atoms with Crippen molar-refractivity contribution in [3.63, 3.8) is 0 Å². The van der Waals surface area contributed by atoms with Gasteiger partial charge in [0.05, 0.1) is 11.5 Å². The number of aliphatic hydroxyl groups excluding tert-OH is 1. The molecule has 1 atom stereocenters. The zero-order valence-electron chi connectivity index (χ0n) is 15.6. The molecule has 7 heteroatoms. The van der Waals surface area contributed by atoms with Gasteiger partial charge in [0.15, 0.2) is 5.65 Å².